The van der Waals surface area contributed by atoms with Crippen LogP contribution in [0.4, 0.5) is 11.6 Å². The van der Waals surface area contributed by atoms with E-state index in [0.29, 0.717) is 34.1 Å². The number of anilines is 2. The molecule has 0 radical (unpaired) electrons. The summed E-state index contributed by atoms with van der Waals surface area (Å²) in [6, 6.07) is 11.3. The summed E-state index contributed by atoms with van der Waals surface area (Å²) in [6.45, 7) is 0.517. The molecule has 0 spiro atoms. The molecule has 34 heavy (non-hydrogen) atoms. The number of rotatable bonds is 7. The van der Waals surface area contributed by atoms with Crippen molar-refractivity contribution >= 4 is 46.4 Å². The highest BCUT2D eigenvalue weighted by atomic mass is 35.5. The highest BCUT2D eigenvalue weighted by molar-refractivity contribution is 6.33. The van der Waals surface area contributed by atoms with Crippen molar-refractivity contribution in [2.75, 3.05) is 10.6 Å². The van der Waals surface area contributed by atoms with Crippen LogP contribution in [-0.2, 0) is 11.3 Å². The van der Waals surface area contributed by atoms with Crippen molar-refractivity contribution in [1.82, 2.24) is 19.4 Å². The molecule has 3 aromatic heterocycles. The summed E-state index contributed by atoms with van der Waals surface area (Å²) in [5.74, 6) is 1.61. The fourth-order valence-corrected chi connectivity index (χ4v) is 4.79. The van der Waals surface area contributed by atoms with E-state index in [4.69, 9.17) is 23.2 Å². The lowest BCUT2D eigenvalue weighted by atomic mass is 10.1. The highest BCUT2D eigenvalue weighted by Crippen LogP contribution is 2.50. The van der Waals surface area contributed by atoms with Gasteiger partial charge in [0.25, 0.3) is 0 Å². The van der Waals surface area contributed by atoms with Crippen LogP contribution >= 0.6 is 23.2 Å². The summed E-state index contributed by atoms with van der Waals surface area (Å²) in [5.41, 5.74) is 4.12. The first-order chi connectivity index (χ1) is 16.5. The van der Waals surface area contributed by atoms with Crippen LogP contribution in [0.2, 0.25) is 10.0 Å². The molecule has 2 aliphatic rings. The molecule has 172 valence electrons. The van der Waals surface area contributed by atoms with E-state index in [1.807, 2.05) is 12.3 Å². The van der Waals surface area contributed by atoms with Gasteiger partial charge in [0.2, 0.25) is 5.91 Å². The predicted molar refractivity (Wildman–Crippen MR) is 132 cm³/mol. The van der Waals surface area contributed by atoms with Gasteiger partial charge in [-0.15, -0.1) is 0 Å². The number of pyridine rings is 1. The SMILES string of the molecule is O=C(Nc1cc(NCc2cn3cc(C4CC4)ccc3n2)ncn1)C1CC1c1cc(Cl)ccc1Cl. The van der Waals surface area contributed by atoms with Crippen LogP contribution in [0.15, 0.2) is 55.1 Å². The highest BCUT2D eigenvalue weighted by Gasteiger charge is 2.45. The van der Waals surface area contributed by atoms with Gasteiger partial charge in [-0.25, -0.2) is 15.0 Å². The maximum Gasteiger partial charge on any atom is 0.229 e. The number of aromatic nitrogens is 4. The van der Waals surface area contributed by atoms with Crippen molar-refractivity contribution in [1.29, 1.82) is 0 Å². The average molecular weight is 493 g/mol. The number of nitrogens with zero attached hydrogens (tertiary/aromatic N) is 4. The fraction of sp³-hybridized carbons (Fsp3) is 0.280. The van der Waals surface area contributed by atoms with E-state index in [-0.39, 0.29) is 17.7 Å². The van der Waals surface area contributed by atoms with Gasteiger partial charge in [-0.2, -0.15) is 0 Å². The molecule has 0 saturated heterocycles. The van der Waals surface area contributed by atoms with E-state index < -0.39 is 0 Å². The molecule has 2 saturated carbocycles. The Morgan fingerprint density at radius 1 is 1.06 bits per heavy atom. The first-order valence-electron chi connectivity index (χ1n) is 11.3. The van der Waals surface area contributed by atoms with Crippen molar-refractivity contribution in [3.8, 4) is 0 Å². The van der Waals surface area contributed by atoms with Crippen molar-refractivity contribution in [3.63, 3.8) is 0 Å². The minimum atomic E-state index is -0.152. The van der Waals surface area contributed by atoms with Crippen molar-refractivity contribution in [2.24, 2.45) is 5.92 Å². The van der Waals surface area contributed by atoms with Gasteiger partial charge in [-0.1, -0.05) is 29.3 Å². The zero-order valence-electron chi connectivity index (χ0n) is 18.2. The Balaban J connectivity index is 1.08. The quantitative estimate of drug-likeness (QED) is 0.347. The van der Waals surface area contributed by atoms with Gasteiger partial charge in [-0.3, -0.25) is 4.79 Å². The number of amides is 1. The molecule has 3 heterocycles. The van der Waals surface area contributed by atoms with Gasteiger partial charge in [-0.05, 0) is 66.5 Å². The monoisotopic (exact) mass is 492 g/mol. The molecular weight excluding hydrogens is 471 g/mol. The van der Waals surface area contributed by atoms with E-state index in [2.05, 4.69) is 48.3 Å². The normalized spacial score (nSPS) is 19.2. The molecule has 6 rings (SSSR count). The second-order valence-corrected chi connectivity index (χ2v) is 9.82. The summed E-state index contributed by atoms with van der Waals surface area (Å²) < 4.78 is 2.08. The van der Waals surface area contributed by atoms with E-state index in [0.717, 1.165) is 23.3 Å². The Labute approximate surface area is 206 Å². The molecule has 2 unspecified atom stereocenters. The fourth-order valence-electron chi connectivity index (χ4n) is 4.35. The smallest absolute Gasteiger partial charge is 0.229 e. The molecule has 2 aliphatic carbocycles. The summed E-state index contributed by atoms with van der Waals surface area (Å²) in [4.78, 5) is 25.9. The first-order valence-corrected chi connectivity index (χ1v) is 12.1. The molecule has 1 aromatic carbocycles. The summed E-state index contributed by atoms with van der Waals surface area (Å²) in [5, 5.41) is 7.41. The standard InChI is InChI=1S/C25H22Cl2N6O/c26-16-4-5-21(27)19(7-16)18-8-20(18)25(34)32-23-9-22(29-13-30-23)28-10-17-12-33-11-15(14-1-2-14)3-6-24(33)31-17/h3-7,9,11-14,18,20H,1-2,8,10H2,(H2,28,29,30,32,34). The van der Waals surface area contributed by atoms with Gasteiger partial charge in [0.1, 0.15) is 23.6 Å². The van der Waals surface area contributed by atoms with Crippen LogP contribution in [-0.4, -0.2) is 25.3 Å². The van der Waals surface area contributed by atoms with Crippen LogP contribution in [0.1, 0.15) is 47.9 Å². The summed E-state index contributed by atoms with van der Waals surface area (Å²) in [7, 11) is 0. The maximum absolute atomic E-state index is 12.7. The molecule has 2 fully saturated rings. The van der Waals surface area contributed by atoms with Crippen LogP contribution in [0.5, 0.6) is 0 Å². The van der Waals surface area contributed by atoms with Gasteiger partial charge in [0, 0.05) is 34.4 Å². The van der Waals surface area contributed by atoms with Gasteiger partial charge >= 0.3 is 0 Å². The summed E-state index contributed by atoms with van der Waals surface area (Å²) >= 11 is 12.4. The second kappa shape index (κ2) is 8.56. The topological polar surface area (TPSA) is 84.2 Å². The Kier molecular flexibility index (Phi) is 5.38. The minimum absolute atomic E-state index is 0.0705. The van der Waals surface area contributed by atoms with Gasteiger partial charge < -0.3 is 15.0 Å². The number of carbonyl (C=O) groups excluding carboxylic acids is 1. The number of benzene rings is 1. The van der Waals surface area contributed by atoms with E-state index in [1.54, 1.807) is 18.2 Å². The molecule has 2 N–H and O–H groups in total. The molecular formula is C25H22Cl2N6O. The number of carbonyl (C=O) groups is 1. The second-order valence-electron chi connectivity index (χ2n) is 8.98. The minimum Gasteiger partial charge on any atom is -0.364 e. The maximum atomic E-state index is 12.7. The molecule has 0 bridgehead atoms. The lowest BCUT2D eigenvalue weighted by molar-refractivity contribution is -0.117. The molecule has 7 nitrogen and oxygen atoms in total. The largest absolute Gasteiger partial charge is 0.364 e. The van der Waals surface area contributed by atoms with Crippen LogP contribution in [0, 0.1) is 5.92 Å². The summed E-state index contributed by atoms with van der Waals surface area (Å²) in [6.07, 6.45) is 8.92. The number of hydrogen-bond acceptors (Lipinski definition) is 5. The third kappa shape index (κ3) is 4.45. The number of nitrogens with one attached hydrogen (secondary N) is 2. The van der Waals surface area contributed by atoms with Crippen LogP contribution in [0.3, 0.4) is 0 Å². The van der Waals surface area contributed by atoms with Gasteiger partial charge in [0.15, 0.2) is 0 Å². The number of hydrogen-bond donors (Lipinski definition) is 2. The lowest BCUT2D eigenvalue weighted by Gasteiger charge is -2.08. The van der Waals surface area contributed by atoms with Crippen molar-refractivity contribution in [3.05, 3.63) is 82.0 Å². The lowest BCUT2D eigenvalue weighted by Crippen LogP contribution is -2.16. The Hall–Kier alpha value is -3.16. The van der Waals surface area contributed by atoms with Crippen molar-refractivity contribution in [2.45, 2.75) is 37.6 Å². The average Bonchev–Trinajstić information content (AvgIpc) is 3.76. The molecule has 1 amide bonds. The van der Waals surface area contributed by atoms with Crippen LogP contribution < -0.4 is 10.6 Å². The number of imidazole rings is 1. The number of halogens is 2. The Morgan fingerprint density at radius 3 is 2.76 bits per heavy atom. The van der Waals surface area contributed by atoms with E-state index >= 15 is 0 Å². The van der Waals surface area contributed by atoms with E-state index in [9.17, 15) is 4.79 Å². The first kappa shape index (κ1) is 21.4. The molecule has 9 heteroatoms. The van der Waals surface area contributed by atoms with Gasteiger partial charge in [0.05, 0.1) is 12.2 Å². The molecule has 2 atom stereocenters. The van der Waals surface area contributed by atoms with Crippen LogP contribution in [0.25, 0.3) is 5.65 Å². The third-order valence-corrected chi connectivity index (χ3v) is 7.01. The Morgan fingerprint density at radius 2 is 1.91 bits per heavy atom. The molecule has 0 aliphatic heterocycles. The van der Waals surface area contributed by atoms with Crippen molar-refractivity contribution < 1.29 is 4.79 Å². The Bertz CT molecular complexity index is 1400. The predicted octanol–water partition coefficient (Wildman–Crippen LogP) is 5.66. The zero-order chi connectivity index (χ0) is 23.2. The molecule has 4 aromatic rings. The third-order valence-electron chi connectivity index (χ3n) is 6.43. The number of fused-ring (bicyclic) bond motifs is 1. The van der Waals surface area contributed by atoms with E-state index in [1.165, 1.54) is 24.7 Å². The zero-order valence-corrected chi connectivity index (χ0v) is 19.7.